The van der Waals surface area contributed by atoms with Crippen molar-refractivity contribution in [3.8, 4) is 0 Å². The average Bonchev–Trinajstić information content (AvgIpc) is 1.95. The third kappa shape index (κ3) is 43.8. The summed E-state index contributed by atoms with van der Waals surface area (Å²) < 4.78 is 1.56. The van der Waals surface area contributed by atoms with Gasteiger partial charge in [-0.05, 0) is 86.8 Å². The molecule has 0 radical (unpaired) electrons. The fraction of sp³-hybridized carbons (Fsp3) is 0.807. The predicted molar refractivity (Wildman–Crippen MR) is 385 cm³/mol. The fourth-order valence-corrected chi connectivity index (χ4v) is 15.1. The molecule has 0 N–H and O–H groups in total. The SMILES string of the molecule is CCCCCCCCCC1=C(c2ccc(CCCCCC)cc2)[N+](=[N-])C(c2ccc(CCCCCC)cc2)=C1CCCC.CCCCCCCCCCCCCCCCCCCC[CH2][Pd][CH2]CCCCCCCCCCCCCCCCCCCC. The summed E-state index contributed by atoms with van der Waals surface area (Å²) >= 11 is 1.06. The Balaban J connectivity index is 0.000000587. The minimum atomic E-state index is 1.02. The van der Waals surface area contributed by atoms with Gasteiger partial charge < -0.3 is 5.53 Å². The summed E-state index contributed by atoms with van der Waals surface area (Å²) in [6.45, 7) is 13.7. The molecule has 3 rings (SSSR count). The zero-order valence-electron chi connectivity index (χ0n) is 59.0. The van der Waals surface area contributed by atoms with Crippen molar-refractivity contribution < 1.29 is 22.7 Å². The van der Waals surface area contributed by atoms with Crippen molar-refractivity contribution in [2.45, 2.75) is 430 Å². The summed E-state index contributed by atoms with van der Waals surface area (Å²) in [5, 5.41) is 0. The van der Waals surface area contributed by atoms with Crippen LogP contribution in [0.15, 0.2) is 59.7 Å². The van der Waals surface area contributed by atoms with Crippen molar-refractivity contribution in [3.05, 3.63) is 87.5 Å². The molecule has 0 fully saturated rings. The van der Waals surface area contributed by atoms with Crippen LogP contribution in [0.1, 0.15) is 430 Å². The van der Waals surface area contributed by atoms with Gasteiger partial charge in [-0.15, -0.1) is 0 Å². The maximum atomic E-state index is 12.0. The van der Waals surface area contributed by atoms with Gasteiger partial charge in [0.05, 0.1) is 0 Å². The van der Waals surface area contributed by atoms with E-state index in [0.717, 1.165) is 79.0 Å². The maximum absolute atomic E-state index is 12.0. The van der Waals surface area contributed by atoms with Crippen LogP contribution in [0.25, 0.3) is 16.9 Å². The quantitative estimate of drug-likeness (QED) is 0.0358. The Morgan fingerprint density at radius 1 is 0.233 bits per heavy atom. The van der Waals surface area contributed by atoms with Gasteiger partial charge >= 0.3 is 169 Å². The molecular formula is C83H148N2Pd. The Hall–Kier alpha value is -1.82. The molecule has 2 aromatic rings. The number of allylic oxidation sites excluding steroid dienone is 2. The molecule has 3 heteroatoms. The predicted octanol–water partition coefficient (Wildman–Crippen LogP) is 30.2. The second-order valence-electron chi connectivity index (χ2n) is 27.2. The standard InChI is InChI=1S/C41H62N2.2C21H43.Pd/c1-5-9-13-16-17-18-21-25-39-38(24-12-8-4)40(36-30-26-34(27-31-36)22-19-14-10-6-2)43(42)41(39)37-32-28-35(29-33-37)23-20-15-11-7-3;2*1-3-5-7-9-11-13-15-17-19-21-20-18-16-14-12-10-8-6-4-2;/h26-33H,5-25H2,1-4H3;2*1,3-21H2,2H3;. The van der Waals surface area contributed by atoms with E-state index in [4.69, 9.17) is 0 Å². The summed E-state index contributed by atoms with van der Waals surface area (Å²) in [6, 6.07) is 18.2. The number of hydrogen-bond acceptors (Lipinski definition) is 0. The van der Waals surface area contributed by atoms with Crippen LogP contribution < -0.4 is 0 Å². The molecule has 2 nitrogen and oxygen atoms in total. The van der Waals surface area contributed by atoms with Crippen LogP contribution in [-0.4, -0.2) is 4.70 Å². The van der Waals surface area contributed by atoms with Gasteiger partial charge in [-0.25, -0.2) is 4.70 Å². The van der Waals surface area contributed by atoms with E-state index in [-0.39, 0.29) is 0 Å². The summed E-state index contributed by atoms with van der Waals surface area (Å²) in [7, 11) is 0. The molecule has 86 heavy (non-hydrogen) atoms. The van der Waals surface area contributed by atoms with Crippen molar-refractivity contribution in [2.75, 3.05) is 0 Å². The minimum Gasteiger partial charge on any atom is -0.0654 e. The second-order valence-corrected chi connectivity index (χ2v) is 29.5. The van der Waals surface area contributed by atoms with Gasteiger partial charge in [0.1, 0.15) is 0 Å². The first kappa shape index (κ1) is 80.3. The molecule has 1 heterocycles. The van der Waals surface area contributed by atoms with Crippen LogP contribution in [0.4, 0.5) is 0 Å². The summed E-state index contributed by atoms with van der Waals surface area (Å²) in [6.07, 6.45) is 82.6. The normalized spacial score (nSPS) is 12.6. The molecule has 500 valence electrons. The van der Waals surface area contributed by atoms with E-state index in [9.17, 15) is 5.53 Å². The third-order valence-corrected chi connectivity index (χ3v) is 21.1. The van der Waals surface area contributed by atoms with E-state index in [1.165, 1.54) is 363 Å². The van der Waals surface area contributed by atoms with Gasteiger partial charge in [0.25, 0.3) is 0 Å². The number of rotatable bonds is 63. The zero-order valence-corrected chi connectivity index (χ0v) is 60.5. The Labute approximate surface area is 548 Å². The number of hydrogen-bond donors (Lipinski definition) is 0. The molecule has 0 amide bonds. The van der Waals surface area contributed by atoms with Crippen LogP contribution in [0, 0.1) is 0 Å². The summed E-state index contributed by atoms with van der Waals surface area (Å²) in [5.41, 5.74) is 21.8. The van der Waals surface area contributed by atoms with Crippen molar-refractivity contribution in [1.82, 2.24) is 0 Å². The first-order valence-electron chi connectivity index (χ1n) is 39.1. The van der Waals surface area contributed by atoms with Crippen LogP contribution in [-0.2, 0) is 30.8 Å². The smallest absolute Gasteiger partial charge is 0.0654 e. The topological polar surface area (TPSA) is 25.3 Å². The van der Waals surface area contributed by atoms with Gasteiger partial charge in [0, 0.05) is 22.3 Å². The van der Waals surface area contributed by atoms with E-state index in [1.807, 2.05) is 0 Å². The van der Waals surface area contributed by atoms with E-state index >= 15 is 0 Å². The molecule has 1 aliphatic rings. The van der Waals surface area contributed by atoms with E-state index in [0.29, 0.717) is 0 Å². The number of unbranched alkanes of at least 4 members (excludes halogenated alkanes) is 49. The van der Waals surface area contributed by atoms with Crippen molar-refractivity contribution in [1.29, 1.82) is 0 Å². The van der Waals surface area contributed by atoms with Crippen LogP contribution in [0.2, 0.25) is 9.79 Å². The number of benzene rings is 2. The van der Waals surface area contributed by atoms with Crippen molar-refractivity contribution in [2.24, 2.45) is 0 Å². The van der Waals surface area contributed by atoms with E-state index in [2.05, 4.69) is 90.1 Å². The molecule has 0 unspecified atom stereocenters. The monoisotopic (exact) mass is 1280 g/mol. The van der Waals surface area contributed by atoms with Crippen LogP contribution in [0.5, 0.6) is 0 Å². The van der Waals surface area contributed by atoms with Gasteiger partial charge in [-0.2, -0.15) is 0 Å². The van der Waals surface area contributed by atoms with Gasteiger partial charge in [0.15, 0.2) is 0 Å². The Morgan fingerprint density at radius 2 is 0.430 bits per heavy atom. The third-order valence-electron chi connectivity index (χ3n) is 18.9. The molecule has 2 aromatic carbocycles. The van der Waals surface area contributed by atoms with Gasteiger partial charge in [-0.3, -0.25) is 0 Å². The van der Waals surface area contributed by atoms with Crippen LogP contribution in [0.3, 0.4) is 0 Å². The number of nitrogens with zero attached hydrogens (tertiary/aromatic N) is 2. The molecule has 0 aliphatic carbocycles. The fourth-order valence-electron chi connectivity index (χ4n) is 13.1. The summed E-state index contributed by atoms with van der Waals surface area (Å²) in [5.74, 6) is 0. The molecular weight excluding hydrogens is 1130 g/mol. The average molecular weight is 1280 g/mol. The first-order chi connectivity index (χ1) is 42.6. The van der Waals surface area contributed by atoms with E-state index in [1.54, 1.807) is 14.5 Å². The van der Waals surface area contributed by atoms with E-state index < -0.39 is 0 Å². The Kier molecular flexibility index (Phi) is 57.9. The molecule has 0 saturated heterocycles. The second kappa shape index (κ2) is 62.0. The summed E-state index contributed by atoms with van der Waals surface area (Å²) in [4.78, 5) is 3.10. The Bertz CT molecular complexity index is 1780. The number of aryl methyl sites for hydroxylation is 2. The molecule has 0 aromatic heterocycles. The minimum absolute atomic E-state index is 1.02. The molecule has 0 saturated carbocycles. The van der Waals surface area contributed by atoms with Crippen LogP contribution >= 0.6 is 0 Å². The van der Waals surface area contributed by atoms with Crippen molar-refractivity contribution >= 4 is 11.4 Å². The first-order valence-corrected chi connectivity index (χ1v) is 41.3. The van der Waals surface area contributed by atoms with Gasteiger partial charge in [0.2, 0.25) is 11.4 Å². The molecule has 0 bridgehead atoms. The molecule has 0 atom stereocenters. The van der Waals surface area contributed by atoms with Gasteiger partial charge in [-0.1, -0.05) is 252 Å². The zero-order chi connectivity index (χ0) is 61.7. The Morgan fingerprint density at radius 3 is 0.686 bits per heavy atom. The van der Waals surface area contributed by atoms with Crippen molar-refractivity contribution in [3.63, 3.8) is 0 Å². The molecule has 1 aliphatic heterocycles. The molecule has 0 spiro atoms.